The Morgan fingerprint density at radius 1 is 1.06 bits per heavy atom. The zero-order valence-electron chi connectivity index (χ0n) is 26.5. The highest BCUT2D eigenvalue weighted by atomic mass is 19.1. The number of rotatable bonds is 3. The molecule has 4 bridgehead atoms. The molecular formula is C34H33F2N9O2. The van der Waals surface area contributed by atoms with Crippen LogP contribution in [0.3, 0.4) is 0 Å². The molecule has 4 aromatic heterocycles. The van der Waals surface area contributed by atoms with E-state index in [0.717, 1.165) is 0 Å². The Labute approximate surface area is 269 Å². The Bertz CT molecular complexity index is 2130. The number of carbonyl (C=O) groups is 1. The van der Waals surface area contributed by atoms with E-state index in [9.17, 15) is 9.59 Å². The van der Waals surface area contributed by atoms with E-state index < -0.39 is 17.3 Å². The number of halogens is 2. The zero-order valence-corrected chi connectivity index (χ0v) is 26.5. The monoisotopic (exact) mass is 637 g/mol. The minimum atomic E-state index is -0.771. The average molecular weight is 638 g/mol. The largest absolute Gasteiger partial charge is 0.355 e. The third-order valence-corrected chi connectivity index (χ3v) is 8.88. The summed E-state index contributed by atoms with van der Waals surface area (Å²) in [6.07, 6.45) is 4.90. The summed E-state index contributed by atoms with van der Waals surface area (Å²) in [5.41, 5.74) is 2.00. The van der Waals surface area contributed by atoms with Crippen molar-refractivity contribution < 1.29 is 13.6 Å². The fourth-order valence-electron chi connectivity index (χ4n) is 6.93. The second-order valence-corrected chi connectivity index (χ2v) is 12.5. The van der Waals surface area contributed by atoms with Gasteiger partial charge in [-0.15, -0.1) is 5.10 Å². The predicted octanol–water partition coefficient (Wildman–Crippen LogP) is 4.40. The summed E-state index contributed by atoms with van der Waals surface area (Å²) >= 11 is 0. The lowest BCUT2D eigenvalue weighted by Crippen LogP contribution is -2.58. The Balaban J connectivity index is 1.56. The molecule has 1 aromatic carbocycles. The smallest absolute Gasteiger partial charge is 0.352 e. The fourth-order valence-corrected chi connectivity index (χ4v) is 6.93. The molecule has 13 heteroatoms. The van der Waals surface area contributed by atoms with Crippen LogP contribution in [0, 0.1) is 11.6 Å². The van der Waals surface area contributed by atoms with Gasteiger partial charge < -0.3 is 9.80 Å². The molecule has 2 atom stereocenters. The molecule has 6 heterocycles. The van der Waals surface area contributed by atoms with Crippen LogP contribution in [-0.2, 0) is 17.8 Å². The van der Waals surface area contributed by atoms with Gasteiger partial charge in [0.15, 0.2) is 5.65 Å². The summed E-state index contributed by atoms with van der Waals surface area (Å²) in [7, 11) is 0. The number of anilines is 1. The molecule has 0 aliphatic carbocycles. The van der Waals surface area contributed by atoms with E-state index >= 15 is 8.78 Å². The zero-order chi connectivity index (χ0) is 33.1. The predicted molar refractivity (Wildman–Crippen MR) is 172 cm³/mol. The van der Waals surface area contributed by atoms with Crippen molar-refractivity contribution in [2.75, 3.05) is 18.0 Å². The van der Waals surface area contributed by atoms with Crippen LogP contribution in [0.2, 0.25) is 0 Å². The summed E-state index contributed by atoms with van der Waals surface area (Å²) < 4.78 is 35.1. The van der Waals surface area contributed by atoms with E-state index in [1.54, 1.807) is 40.2 Å². The van der Waals surface area contributed by atoms with Gasteiger partial charge in [0.2, 0.25) is 5.91 Å². The molecule has 0 spiro atoms. The number of amides is 1. The van der Waals surface area contributed by atoms with Crippen molar-refractivity contribution in [2.24, 2.45) is 0 Å². The Kier molecular flexibility index (Phi) is 7.41. The molecule has 7 rings (SSSR count). The molecule has 2 aliphatic rings. The molecule has 0 saturated carbocycles. The first kappa shape index (κ1) is 30.3. The first-order chi connectivity index (χ1) is 22.5. The Morgan fingerprint density at radius 3 is 2.55 bits per heavy atom. The van der Waals surface area contributed by atoms with E-state index in [0.29, 0.717) is 41.3 Å². The minimum Gasteiger partial charge on any atom is -0.352 e. The van der Waals surface area contributed by atoms with Crippen molar-refractivity contribution in [3.05, 3.63) is 100 Å². The minimum absolute atomic E-state index is 0.0210. The summed E-state index contributed by atoms with van der Waals surface area (Å²) in [5.74, 6) is -1.51. The molecule has 0 N–H and O–H groups in total. The van der Waals surface area contributed by atoms with Gasteiger partial charge in [-0.1, -0.05) is 37.8 Å². The Morgan fingerprint density at radius 2 is 1.83 bits per heavy atom. The van der Waals surface area contributed by atoms with Gasteiger partial charge in [0.05, 0.1) is 29.0 Å². The van der Waals surface area contributed by atoms with Gasteiger partial charge in [-0.2, -0.15) is 4.98 Å². The van der Waals surface area contributed by atoms with E-state index in [2.05, 4.69) is 26.9 Å². The SMILES string of the molecule is C=CC(=O)N1C(C)CN(c2nc(=O)n3c4nc(c(F)cc24)-c2c(F)cccc2Cc2cn(nn2)Cc2ccnc(C(C)C)c2-3)CC1C. The van der Waals surface area contributed by atoms with E-state index in [1.807, 2.05) is 32.6 Å². The van der Waals surface area contributed by atoms with Crippen LogP contribution < -0.4 is 10.6 Å². The van der Waals surface area contributed by atoms with Gasteiger partial charge in [0.25, 0.3) is 0 Å². The van der Waals surface area contributed by atoms with Gasteiger partial charge in [-0.3, -0.25) is 9.78 Å². The highest BCUT2D eigenvalue weighted by molar-refractivity contribution is 5.91. The molecule has 240 valence electrons. The van der Waals surface area contributed by atoms with Gasteiger partial charge in [-0.05, 0) is 49.6 Å². The van der Waals surface area contributed by atoms with Crippen molar-refractivity contribution in [1.29, 1.82) is 0 Å². The second kappa shape index (κ2) is 11.5. The van der Waals surface area contributed by atoms with Crippen molar-refractivity contribution in [1.82, 2.24) is 39.4 Å². The summed E-state index contributed by atoms with van der Waals surface area (Å²) in [6, 6.07) is 7.08. The van der Waals surface area contributed by atoms with Crippen LogP contribution in [-0.4, -0.2) is 70.5 Å². The van der Waals surface area contributed by atoms with Crippen LogP contribution in [0.15, 0.2) is 60.2 Å². The third kappa shape index (κ3) is 5.06. The number of hydrogen-bond acceptors (Lipinski definition) is 8. The molecule has 5 aromatic rings. The average Bonchev–Trinajstić information content (AvgIpc) is 3.47. The topological polar surface area (TPSA) is 115 Å². The number of pyridine rings is 2. The normalized spacial score (nSPS) is 17.6. The van der Waals surface area contributed by atoms with Crippen LogP contribution in [0.5, 0.6) is 0 Å². The quantitative estimate of drug-likeness (QED) is 0.263. The summed E-state index contributed by atoms with van der Waals surface area (Å²) in [6.45, 7) is 12.3. The maximum Gasteiger partial charge on any atom is 0.355 e. The first-order valence-electron chi connectivity index (χ1n) is 15.5. The Hall–Kier alpha value is -5.33. The molecule has 2 unspecified atom stereocenters. The number of piperazine rings is 1. The summed E-state index contributed by atoms with van der Waals surface area (Å²) in [5, 5.41) is 8.87. The third-order valence-electron chi connectivity index (χ3n) is 8.88. The summed E-state index contributed by atoms with van der Waals surface area (Å²) in [4.78, 5) is 44.6. The number of fused-ring (bicyclic) bond motifs is 7. The highest BCUT2D eigenvalue weighted by Gasteiger charge is 2.34. The van der Waals surface area contributed by atoms with E-state index in [4.69, 9.17) is 4.98 Å². The van der Waals surface area contributed by atoms with Crippen molar-refractivity contribution in [3.8, 4) is 16.9 Å². The standard InChI is InChI=1S/C34H33F2N9O2/c1-6-27(46)44-19(4)14-42(15-20(44)5)32-24-13-26(36)30-28-21(8-7-9-25(28)35)12-23-17-43(41-40-23)16-22-10-11-37-29(18(2)3)31(22)45(33(24)38-30)34(47)39-32/h6-11,13,17-20H,1,12,14-16H2,2-5H3. The number of nitrogens with zero attached hydrogens (tertiary/aromatic N) is 9. The van der Waals surface area contributed by atoms with Crippen molar-refractivity contribution >= 4 is 22.8 Å². The number of hydrogen-bond donors (Lipinski definition) is 0. The van der Waals surface area contributed by atoms with E-state index in [1.165, 1.54) is 22.8 Å². The molecule has 47 heavy (non-hydrogen) atoms. The number of aromatic nitrogens is 7. The molecule has 0 radical (unpaired) electrons. The molecule has 1 saturated heterocycles. The first-order valence-corrected chi connectivity index (χ1v) is 15.5. The van der Waals surface area contributed by atoms with Gasteiger partial charge in [-0.25, -0.2) is 27.8 Å². The maximum atomic E-state index is 16.4. The van der Waals surface area contributed by atoms with Crippen LogP contribution in [0.4, 0.5) is 14.6 Å². The van der Waals surface area contributed by atoms with Crippen LogP contribution >= 0.6 is 0 Å². The molecular weight excluding hydrogens is 604 g/mol. The number of benzene rings is 1. The fraction of sp³-hybridized carbons (Fsp3) is 0.324. The maximum absolute atomic E-state index is 16.4. The van der Waals surface area contributed by atoms with Crippen LogP contribution in [0.25, 0.3) is 28.0 Å². The lowest BCUT2D eigenvalue weighted by molar-refractivity contribution is -0.130. The number of carbonyl (C=O) groups excluding carboxylic acids is 1. The van der Waals surface area contributed by atoms with E-state index in [-0.39, 0.29) is 65.0 Å². The molecule has 11 nitrogen and oxygen atoms in total. The van der Waals surface area contributed by atoms with Crippen LogP contribution in [0.1, 0.15) is 56.1 Å². The van der Waals surface area contributed by atoms with Gasteiger partial charge in [0, 0.05) is 55.1 Å². The molecule has 1 amide bonds. The van der Waals surface area contributed by atoms with Crippen molar-refractivity contribution in [2.45, 2.75) is 58.7 Å². The second-order valence-electron chi connectivity index (χ2n) is 12.5. The highest BCUT2D eigenvalue weighted by Crippen LogP contribution is 2.36. The molecule has 1 fully saturated rings. The van der Waals surface area contributed by atoms with Crippen molar-refractivity contribution in [3.63, 3.8) is 0 Å². The molecule has 2 aliphatic heterocycles. The van der Waals surface area contributed by atoms with Gasteiger partial charge >= 0.3 is 5.69 Å². The lowest BCUT2D eigenvalue weighted by Gasteiger charge is -2.44. The van der Waals surface area contributed by atoms with Gasteiger partial charge in [0.1, 0.15) is 23.1 Å². The lowest BCUT2D eigenvalue weighted by atomic mass is 9.98.